The fraction of sp³-hybridized carbons (Fsp3) is 0.600. The van der Waals surface area contributed by atoms with Gasteiger partial charge >= 0.3 is 0 Å². The van der Waals surface area contributed by atoms with Gasteiger partial charge in [-0.3, -0.25) is 14.3 Å². The van der Waals surface area contributed by atoms with Crippen LogP contribution in [0.4, 0.5) is 0 Å². The summed E-state index contributed by atoms with van der Waals surface area (Å²) >= 11 is 3.48. The predicted octanol–water partition coefficient (Wildman–Crippen LogP) is 3.27. The van der Waals surface area contributed by atoms with Crippen LogP contribution in [0, 0.1) is 5.92 Å². The molecule has 2 aliphatic heterocycles. The van der Waals surface area contributed by atoms with Crippen LogP contribution in [0.15, 0.2) is 27.5 Å². The van der Waals surface area contributed by atoms with Crippen LogP contribution in [0.1, 0.15) is 38.1 Å². The quantitative estimate of drug-likeness (QED) is 0.750. The molecule has 6 heteroatoms. The monoisotopic (exact) mass is 418 g/mol. The Morgan fingerprint density at radius 3 is 2.85 bits per heavy atom. The Balaban J connectivity index is 1.83. The van der Waals surface area contributed by atoms with Gasteiger partial charge in [-0.2, -0.15) is 0 Å². The summed E-state index contributed by atoms with van der Waals surface area (Å²) in [4.78, 5) is 23.1. The summed E-state index contributed by atoms with van der Waals surface area (Å²) < 4.78 is 2.87. The zero-order valence-electron chi connectivity index (χ0n) is 15.6. The standard InChI is InChI=1S/C20H27BrN4O/c1-3-14-7-10-25-19(18(14)24-9-4-8-23(2)11-12-24)22-17-6-5-15(21)13-16(17)20(25)26/h5-6,13-14,18H,3-4,7-12H2,1-2H3/t14-,18+/m1/s1. The Morgan fingerprint density at radius 1 is 1.19 bits per heavy atom. The lowest BCUT2D eigenvalue weighted by molar-refractivity contribution is 0.105. The third-order valence-electron chi connectivity index (χ3n) is 6.05. The summed E-state index contributed by atoms with van der Waals surface area (Å²) in [6.07, 6.45) is 3.36. The minimum Gasteiger partial charge on any atom is -0.305 e. The number of halogens is 1. The van der Waals surface area contributed by atoms with Crippen LogP contribution in [0.3, 0.4) is 0 Å². The first-order valence-corrected chi connectivity index (χ1v) is 10.5. The molecule has 2 aliphatic rings. The highest BCUT2D eigenvalue weighted by Gasteiger charge is 2.36. The van der Waals surface area contributed by atoms with E-state index in [2.05, 4.69) is 39.7 Å². The average Bonchev–Trinajstić information content (AvgIpc) is 2.86. The molecule has 0 spiro atoms. The number of hydrogen-bond donors (Lipinski definition) is 0. The number of hydrogen-bond acceptors (Lipinski definition) is 4. The first-order valence-electron chi connectivity index (χ1n) is 9.71. The third-order valence-corrected chi connectivity index (χ3v) is 6.55. The lowest BCUT2D eigenvalue weighted by atomic mass is 9.88. The van der Waals surface area contributed by atoms with Gasteiger partial charge in [0.15, 0.2) is 0 Å². The van der Waals surface area contributed by atoms with Crippen LogP contribution in [0.2, 0.25) is 0 Å². The number of aromatic nitrogens is 2. The van der Waals surface area contributed by atoms with E-state index in [1.807, 2.05) is 22.8 Å². The molecular weight excluding hydrogens is 392 g/mol. The van der Waals surface area contributed by atoms with Gasteiger partial charge in [0.1, 0.15) is 5.82 Å². The van der Waals surface area contributed by atoms with Crippen molar-refractivity contribution < 1.29 is 0 Å². The first-order chi connectivity index (χ1) is 12.6. The molecule has 0 radical (unpaired) electrons. The molecule has 1 aromatic carbocycles. The lowest BCUT2D eigenvalue weighted by Crippen LogP contribution is -2.44. The Labute approximate surface area is 163 Å². The van der Waals surface area contributed by atoms with Crippen molar-refractivity contribution in [1.82, 2.24) is 19.4 Å². The highest BCUT2D eigenvalue weighted by molar-refractivity contribution is 9.10. The van der Waals surface area contributed by atoms with E-state index < -0.39 is 0 Å². The van der Waals surface area contributed by atoms with Crippen LogP contribution in [-0.2, 0) is 6.54 Å². The van der Waals surface area contributed by atoms with Crippen molar-refractivity contribution >= 4 is 26.8 Å². The fourth-order valence-electron chi connectivity index (χ4n) is 4.55. The van der Waals surface area contributed by atoms with Gasteiger partial charge in [-0.25, -0.2) is 4.98 Å². The highest BCUT2D eigenvalue weighted by Crippen LogP contribution is 2.37. The van der Waals surface area contributed by atoms with Crippen molar-refractivity contribution in [3.05, 3.63) is 38.9 Å². The minimum absolute atomic E-state index is 0.109. The molecule has 0 N–H and O–H groups in total. The van der Waals surface area contributed by atoms with Gasteiger partial charge in [0.05, 0.1) is 16.9 Å². The SMILES string of the molecule is CC[C@@H]1CCn2c(nc3ccc(Br)cc3c2=O)[C@H]1N1CCCN(C)CC1. The second-order valence-electron chi connectivity index (χ2n) is 7.68. The topological polar surface area (TPSA) is 41.4 Å². The summed E-state index contributed by atoms with van der Waals surface area (Å²) in [5, 5.41) is 0.715. The van der Waals surface area contributed by atoms with Crippen molar-refractivity contribution in [3.8, 4) is 0 Å². The number of rotatable bonds is 2. The van der Waals surface area contributed by atoms with E-state index in [0.29, 0.717) is 11.3 Å². The Morgan fingerprint density at radius 2 is 2.04 bits per heavy atom. The molecule has 26 heavy (non-hydrogen) atoms. The van der Waals surface area contributed by atoms with E-state index >= 15 is 0 Å². The summed E-state index contributed by atoms with van der Waals surface area (Å²) in [5.74, 6) is 1.55. The lowest BCUT2D eigenvalue weighted by Gasteiger charge is -2.40. The molecule has 2 atom stereocenters. The van der Waals surface area contributed by atoms with E-state index in [1.165, 1.54) is 6.42 Å². The molecule has 1 fully saturated rings. The van der Waals surface area contributed by atoms with Crippen molar-refractivity contribution in [3.63, 3.8) is 0 Å². The molecule has 140 valence electrons. The Kier molecular flexibility index (Phi) is 5.17. The van der Waals surface area contributed by atoms with Crippen LogP contribution in [0.5, 0.6) is 0 Å². The minimum atomic E-state index is 0.109. The van der Waals surface area contributed by atoms with Crippen LogP contribution in [-0.4, -0.2) is 52.6 Å². The Bertz CT molecular complexity index is 865. The summed E-state index contributed by atoms with van der Waals surface area (Å²) in [6.45, 7) is 7.41. The molecule has 0 amide bonds. The van der Waals surface area contributed by atoms with Gasteiger partial charge in [0, 0.05) is 30.7 Å². The largest absolute Gasteiger partial charge is 0.305 e. The molecule has 0 unspecified atom stereocenters. The summed E-state index contributed by atoms with van der Waals surface area (Å²) in [5.41, 5.74) is 0.927. The van der Waals surface area contributed by atoms with E-state index in [4.69, 9.17) is 4.98 Å². The number of likely N-dealkylation sites (N-methyl/N-ethyl adjacent to an activating group) is 1. The maximum Gasteiger partial charge on any atom is 0.261 e. The second-order valence-corrected chi connectivity index (χ2v) is 8.60. The summed E-state index contributed by atoms with van der Waals surface area (Å²) in [7, 11) is 2.20. The molecule has 0 aliphatic carbocycles. The molecule has 5 nitrogen and oxygen atoms in total. The zero-order chi connectivity index (χ0) is 18.3. The van der Waals surface area contributed by atoms with Crippen molar-refractivity contribution in [2.75, 3.05) is 33.2 Å². The van der Waals surface area contributed by atoms with Crippen molar-refractivity contribution in [2.24, 2.45) is 5.92 Å². The third kappa shape index (κ3) is 3.23. The van der Waals surface area contributed by atoms with Crippen LogP contribution >= 0.6 is 15.9 Å². The number of nitrogens with zero attached hydrogens (tertiary/aromatic N) is 4. The molecule has 0 bridgehead atoms. The van der Waals surface area contributed by atoms with E-state index in [1.54, 1.807) is 0 Å². The molecule has 1 saturated heterocycles. The normalized spacial score (nSPS) is 25.2. The molecular formula is C20H27BrN4O. The zero-order valence-corrected chi connectivity index (χ0v) is 17.2. The number of fused-ring (bicyclic) bond motifs is 2. The first kappa shape index (κ1) is 18.1. The molecule has 4 rings (SSSR count). The predicted molar refractivity (Wildman–Crippen MR) is 109 cm³/mol. The van der Waals surface area contributed by atoms with Crippen molar-refractivity contribution in [1.29, 1.82) is 0 Å². The van der Waals surface area contributed by atoms with Crippen LogP contribution < -0.4 is 5.56 Å². The van der Waals surface area contributed by atoms with E-state index in [0.717, 1.165) is 61.4 Å². The highest BCUT2D eigenvalue weighted by atomic mass is 79.9. The van der Waals surface area contributed by atoms with Gasteiger partial charge in [-0.15, -0.1) is 0 Å². The van der Waals surface area contributed by atoms with Gasteiger partial charge in [0.2, 0.25) is 0 Å². The molecule has 0 saturated carbocycles. The maximum absolute atomic E-state index is 13.1. The van der Waals surface area contributed by atoms with Gasteiger partial charge in [0.25, 0.3) is 5.56 Å². The Hall–Kier alpha value is -1.24. The molecule has 2 aromatic rings. The van der Waals surface area contributed by atoms with Crippen molar-refractivity contribution in [2.45, 2.75) is 38.8 Å². The molecule has 1 aromatic heterocycles. The van der Waals surface area contributed by atoms with Gasteiger partial charge in [-0.05, 0) is 50.6 Å². The van der Waals surface area contributed by atoms with Crippen LogP contribution in [0.25, 0.3) is 10.9 Å². The second kappa shape index (κ2) is 7.41. The van der Waals surface area contributed by atoms with Gasteiger partial charge < -0.3 is 4.90 Å². The van der Waals surface area contributed by atoms with E-state index in [9.17, 15) is 4.79 Å². The summed E-state index contributed by atoms with van der Waals surface area (Å²) in [6, 6.07) is 6.09. The smallest absolute Gasteiger partial charge is 0.261 e. The van der Waals surface area contributed by atoms with Gasteiger partial charge in [-0.1, -0.05) is 29.3 Å². The average molecular weight is 419 g/mol. The molecule has 3 heterocycles. The van der Waals surface area contributed by atoms with E-state index in [-0.39, 0.29) is 11.6 Å². The fourth-order valence-corrected chi connectivity index (χ4v) is 4.91. The number of benzene rings is 1. The maximum atomic E-state index is 13.1.